The number of benzene rings is 11. The van der Waals surface area contributed by atoms with Crippen LogP contribution in [-0.2, 0) is 11.8 Å². The fourth-order valence-electron chi connectivity index (χ4n) is 15.5. The smallest absolute Gasteiger partial charge is 0.104 e. The van der Waals surface area contributed by atoms with Crippen molar-refractivity contribution in [1.29, 1.82) is 5.26 Å². The van der Waals surface area contributed by atoms with Gasteiger partial charge >= 0.3 is 0 Å². The third-order valence-electron chi connectivity index (χ3n) is 18.9. The zero-order chi connectivity index (χ0) is 57.0. The van der Waals surface area contributed by atoms with Gasteiger partial charge in [0.15, 0.2) is 0 Å². The maximum Gasteiger partial charge on any atom is 0.104 e. The van der Waals surface area contributed by atoms with Crippen molar-refractivity contribution in [2.24, 2.45) is 0 Å². The SMILES string of the molecule is CCc1ccccc1N(C)c1c(C#N)c(-n2c3ccccc3c3cc(C)ccc32)c(-n2c3ccccc3c3cc(C)ccc32)c(-c2cccc3c2-c2cnccc2C32c3ccccc3-c3ccccc32)c1-n1c2ccccc2c2cc(C)ccc21. The Morgan fingerprint density at radius 1 is 0.424 bits per heavy atom. The van der Waals surface area contributed by atoms with E-state index in [9.17, 15) is 5.26 Å². The van der Waals surface area contributed by atoms with Crippen LogP contribution in [0.1, 0.15) is 57.0 Å². The summed E-state index contributed by atoms with van der Waals surface area (Å²) in [5, 5.41) is 19.8. The van der Waals surface area contributed by atoms with E-state index >= 15 is 0 Å². The molecule has 0 saturated heterocycles. The lowest BCUT2D eigenvalue weighted by molar-refractivity contribution is 0.792. The van der Waals surface area contributed by atoms with Crippen LogP contribution in [0.5, 0.6) is 0 Å². The number of nitrogens with zero attached hydrogens (tertiary/aromatic N) is 6. The summed E-state index contributed by atoms with van der Waals surface area (Å²) < 4.78 is 7.46. The molecule has 17 rings (SSSR count). The van der Waals surface area contributed by atoms with E-state index in [-0.39, 0.29) is 0 Å². The minimum absolute atomic E-state index is 0.547. The molecule has 1 spiro atoms. The van der Waals surface area contributed by atoms with E-state index < -0.39 is 5.41 Å². The number of hydrogen-bond donors (Lipinski definition) is 0. The molecule has 0 amide bonds. The largest absolute Gasteiger partial charge is 0.342 e. The first kappa shape index (κ1) is 48.9. The Morgan fingerprint density at radius 3 is 1.42 bits per heavy atom. The van der Waals surface area contributed by atoms with Gasteiger partial charge in [0.2, 0.25) is 0 Å². The molecule has 0 radical (unpaired) electrons. The average molecular weight is 1090 g/mol. The second kappa shape index (κ2) is 18.1. The predicted octanol–water partition coefficient (Wildman–Crippen LogP) is 19.5. The second-order valence-electron chi connectivity index (χ2n) is 23.4. The summed E-state index contributed by atoms with van der Waals surface area (Å²) in [7, 11) is 2.19. The molecule has 11 aromatic carbocycles. The van der Waals surface area contributed by atoms with Crippen LogP contribution in [0.3, 0.4) is 0 Å². The topological polar surface area (TPSA) is 54.7 Å². The Labute approximate surface area is 493 Å². The van der Waals surface area contributed by atoms with Crippen LogP contribution in [0.4, 0.5) is 11.4 Å². The van der Waals surface area contributed by atoms with Crippen molar-refractivity contribution >= 4 is 76.8 Å². The summed E-state index contributed by atoms with van der Waals surface area (Å²) in [6.07, 6.45) is 4.89. The number of pyridine rings is 1. The highest BCUT2D eigenvalue weighted by Gasteiger charge is 2.53. The average Bonchev–Trinajstić information content (AvgIpc) is 1.59. The van der Waals surface area contributed by atoms with Crippen LogP contribution in [-0.4, -0.2) is 25.7 Å². The van der Waals surface area contributed by atoms with E-state index in [2.05, 4.69) is 290 Å². The molecule has 0 aliphatic heterocycles. The van der Waals surface area contributed by atoms with Gasteiger partial charge in [0, 0.05) is 68.6 Å². The van der Waals surface area contributed by atoms with E-state index in [1.54, 1.807) is 0 Å². The lowest BCUT2D eigenvalue weighted by atomic mass is 9.70. The molecule has 0 bridgehead atoms. The summed E-state index contributed by atoms with van der Waals surface area (Å²) in [6.45, 7) is 8.77. The minimum Gasteiger partial charge on any atom is -0.342 e. The number of rotatable bonds is 7. The first-order chi connectivity index (χ1) is 41.8. The number of para-hydroxylation sites is 4. The first-order valence-corrected chi connectivity index (χ1v) is 29.5. The Hall–Kier alpha value is -10.7. The molecule has 2 aliphatic rings. The molecule has 4 heterocycles. The summed E-state index contributed by atoms with van der Waals surface area (Å²) in [5.74, 6) is 0. The highest BCUT2D eigenvalue weighted by Crippen LogP contribution is 2.65. The first-order valence-electron chi connectivity index (χ1n) is 29.5. The number of fused-ring (bicyclic) bond motifs is 19. The van der Waals surface area contributed by atoms with Crippen molar-refractivity contribution in [2.75, 3.05) is 11.9 Å². The maximum absolute atomic E-state index is 13.0. The third kappa shape index (κ3) is 6.50. The molecule has 402 valence electrons. The molecule has 0 fully saturated rings. The van der Waals surface area contributed by atoms with Gasteiger partial charge in [-0.3, -0.25) is 4.98 Å². The third-order valence-corrected chi connectivity index (χ3v) is 18.9. The van der Waals surface area contributed by atoms with Gasteiger partial charge in [-0.2, -0.15) is 5.26 Å². The summed E-state index contributed by atoms with van der Waals surface area (Å²) >= 11 is 0. The van der Waals surface area contributed by atoms with Crippen molar-refractivity contribution < 1.29 is 0 Å². The molecule has 85 heavy (non-hydrogen) atoms. The van der Waals surface area contributed by atoms with E-state index in [0.29, 0.717) is 5.56 Å². The Balaban J connectivity index is 1.20. The number of anilines is 2. The fraction of sp³-hybridized carbons (Fsp3) is 0.0886. The molecular formula is C79H56N6. The van der Waals surface area contributed by atoms with Crippen molar-refractivity contribution in [3.8, 4) is 56.5 Å². The van der Waals surface area contributed by atoms with Gasteiger partial charge in [0.25, 0.3) is 0 Å². The molecule has 15 aromatic rings. The van der Waals surface area contributed by atoms with E-state index in [0.717, 1.165) is 123 Å². The lowest BCUT2D eigenvalue weighted by Crippen LogP contribution is -2.25. The Bertz CT molecular complexity index is 5400. The second-order valence-corrected chi connectivity index (χ2v) is 23.4. The van der Waals surface area contributed by atoms with Gasteiger partial charge in [0.05, 0.1) is 61.3 Å². The summed E-state index contributed by atoms with van der Waals surface area (Å²) in [6, 6.07) is 86.3. The van der Waals surface area contributed by atoms with Gasteiger partial charge in [-0.1, -0.05) is 181 Å². The molecule has 6 heteroatoms. The highest BCUT2D eigenvalue weighted by atomic mass is 15.2. The van der Waals surface area contributed by atoms with Crippen LogP contribution in [0.15, 0.2) is 237 Å². The van der Waals surface area contributed by atoms with Crippen molar-refractivity contribution in [3.05, 3.63) is 287 Å². The van der Waals surface area contributed by atoms with Gasteiger partial charge < -0.3 is 18.6 Å². The normalized spacial score (nSPS) is 12.9. The van der Waals surface area contributed by atoms with Crippen molar-refractivity contribution in [2.45, 2.75) is 39.5 Å². The Morgan fingerprint density at radius 2 is 0.871 bits per heavy atom. The van der Waals surface area contributed by atoms with E-state index in [4.69, 9.17) is 4.98 Å². The van der Waals surface area contributed by atoms with Crippen LogP contribution in [0.25, 0.3) is 116 Å². The number of nitriles is 1. The van der Waals surface area contributed by atoms with E-state index in [1.165, 1.54) is 55.6 Å². The van der Waals surface area contributed by atoms with Gasteiger partial charge in [-0.05, 0) is 144 Å². The minimum atomic E-state index is -0.675. The quantitative estimate of drug-likeness (QED) is 0.160. The monoisotopic (exact) mass is 1090 g/mol. The van der Waals surface area contributed by atoms with Crippen LogP contribution >= 0.6 is 0 Å². The molecule has 0 N–H and O–H groups in total. The molecular weight excluding hydrogens is 1030 g/mol. The van der Waals surface area contributed by atoms with Crippen LogP contribution < -0.4 is 4.90 Å². The molecule has 2 aliphatic carbocycles. The highest BCUT2D eigenvalue weighted by molar-refractivity contribution is 6.18. The zero-order valence-corrected chi connectivity index (χ0v) is 47.9. The van der Waals surface area contributed by atoms with Crippen LogP contribution in [0, 0.1) is 32.1 Å². The van der Waals surface area contributed by atoms with Gasteiger partial charge in [0.1, 0.15) is 11.6 Å². The molecule has 0 atom stereocenters. The molecule has 0 unspecified atom stereocenters. The van der Waals surface area contributed by atoms with Crippen molar-refractivity contribution in [1.82, 2.24) is 18.7 Å². The number of aryl methyl sites for hydroxylation is 4. The lowest BCUT2D eigenvalue weighted by Gasteiger charge is -2.33. The number of hydrogen-bond acceptors (Lipinski definition) is 3. The predicted molar refractivity (Wildman–Crippen MR) is 352 cm³/mol. The number of aromatic nitrogens is 4. The molecule has 0 saturated carbocycles. The van der Waals surface area contributed by atoms with Crippen LogP contribution in [0.2, 0.25) is 0 Å². The van der Waals surface area contributed by atoms with Crippen molar-refractivity contribution in [3.63, 3.8) is 0 Å². The Kier molecular flexibility index (Phi) is 10.4. The summed E-state index contributed by atoms with van der Waals surface area (Å²) in [5.41, 5.74) is 26.8. The summed E-state index contributed by atoms with van der Waals surface area (Å²) in [4.78, 5) is 7.42. The molecule has 4 aromatic heterocycles. The van der Waals surface area contributed by atoms with Gasteiger partial charge in [-0.25, -0.2) is 0 Å². The standard InChI is InChI=1S/C79H56N6/c1-6-50-20-7-15-30-66(50)82(5)75-60(45-80)76(83-67-31-16-10-23-53(67)57-42-47(2)34-37-70(57)83)78(85-69-33-18-12-25-55(69)59-44-49(4)36-39-72(59)85)74(77(75)84-68-32-17-11-24-54(68)58-43-48(3)35-38-71(58)84)56-26-19-29-65-73(56)61-46-81-41-40-64(61)79(65)62-27-13-8-21-51(62)52-22-9-14-28-63(52)79/h7-44,46H,6H2,1-5H3. The zero-order valence-electron chi connectivity index (χ0n) is 47.9. The molecule has 6 nitrogen and oxygen atoms in total. The fourth-order valence-corrected chi connectivity index (χ4v) is 15.5. The van der Waals surface area contributed by atoms with E-state index in [1.807, 2.05) is 6.20 Å². The van der Waals surface area contributed by atoms with Gasteiger partial charge in [-0.15, -0.1) is 0 Å². The maximum atomic E-state index is 13.0.